The molecule has 0 aliphatic carbocycles. The summed E-state index contributed by atoms with van der Waals surface area (Å²) in [5.41, 5.74) is 1.11. The highest BCUT2D eigenvalue weighted by Crippen LogP contribution is 2.21. The van der Waals surface area contributed by atoms with Crippen LogP contribution in [0.2, 0.25) is 0 Å². The van der Waals surface area contributed by atoms with Crippen molar-refractivity contribution in [2.45, 2.75) is 32.8 Å². The van der Waals surface area contributed by atoms with Gasteiger partial charge in [0.1, 0.15) is 11.9 Å². The van der Waals surface area contributed by atoms with Crippen LogP contribution < -0.4 is 4.74 Å². The Morgan fingerprint density at radius 3 is 2.50 bits per heavy atom. The second-order valence-corrected chi connectivity index (χ2v) is 6.48. The van der Waals surface area contributed by atoms with Crippen LogP contribution in [0.25, 0.3) is 5.69 Å². The predicted molar refractivity (Wildman–Crippen MR) is 88.5 cm³/mol. The van der Waals surface area contributed by atoms with Gasteiger partial charge < -0.3 is 14.2 Å². The summed E-state index contributed by atoms with van der Waals surface area (Å²) in [4.78, 5) is 6.62. The highest BCUT2D eigenvalue weighted by Gasteiger charge is 2.20. The first-order chi connectivity index (χ1) is 10.7. The Morgan fingerprint density at radius 2 is 1.91 bits per heavy atom. The molecule has 22 heavy (non-hydrogen) atoms. The first-order valence-corrected chi connectivity index (χ1v) is 8.18. The zero-order valence-corrected chi connectivity index (χ0v) is 13.5. The summed E-state index contributed by atoms with van der Waals surface area (Å²) in [5, 5.41) is 0. The molecule has 118 valence electrons. The molecular formula is C18H25N3O. The third-order valence-electron chi connectivity index (χ3n) is 4.10. The van der Waals surface area contributed by atoms with E-state index in [9.17, 15) is 0 Å². The number of hydrogen-bond acceptors (Lipinski definition) is 3. The standard InChI is InChI=1S/C18H25N3O/c1-15(2)13-20-10-7-18(8-11-20)22-17-5-3-16(4-6-17)21-12-9-19-14-21/h3-6,9,12,14-15,18H,7-8,10-11,13H2,1-2H3. The van der Waals surface area contributed by atoms with Crippen molar-refractivity contribution in [1.82, 2.24) is 14.5 Å². The fraction of sp³-hybridized carbons (Fsp3) is 0.500. The Kier molecular flexibility index (Phi) is 4.78. The molecule has 0 unspecified atom stereocenters. The molecule has 0 radical (unpaired) electrons. The van der Waals surface area contributed by atoms with Gasteiger partial charge in [0.05, 0.1) is 6.33 Å². The molecule has 4 nitrogen and oxygen atoms in total. The minimum Gasteiger partial charge on any atom is -0.490 e. The number of likely N-dealkylation sites (tertiary alicyclic amines) is 1. The van der Waals surface area contributed by atoms with Gasteiger partial charge in [-0.05, 0) is 43.0 Å². The highest BCUT2D eigenvalue weighted by molar-refractivity contribution is 5.37. The van der Waals surface area contributed by atoms with Crippen LogP contribution in [0, 0.1) is 5.92 Å². The van der Waals surface area contributed by atoms with Gasteiger partial charge in [-0.15, -0.1) is 0 Å². The lowest BCUT2D eigenvalue weighted by molar-refractivity contribution is 0.0941. The third kappa shape index (κ3) is 3.89. The van der Waals surface area contributed by atoms with Crippen LogP contribution in [0.5, 0.6) is 5.75 Å². The number of nitrogens with zero attached hydrogens (tertiary/aromatic N) is 3. The molecule has 1 aromatic carbocycles. The quantitative estimate of drug-likeness (QED) is 0.848. The van der Waals surface area contributed by atoms with E-state index in [4.69, 9.17) is 4.74 Å². The van der Waals surface area contributed by atoms with Gasteiger partial charge in [-0.1, -0.05) is 13.8 Å². The van der Waals surface area contributed by atoms with Crippen molar-refractivity contribution >= 4 is 0 Å². The van der Waals surface area contributed by atoms with E-state index in [2.05, 4.69) is 48.0 Å². The molecule has 0 spiro atoms. The van der Waals surface area contributed by atoms with Gasteiger partial charge in [-0.3, -0.25) is 0 Å². The molecule has 0 atom stereocenters. The summed E-state index contributed by atoms with van der Waals surface area (Å²) in [6, 6.07) is 8.25. The van der Waals surface area contributed by atoms with Crippen LogP contribution in [-0.2, 0) is 0 Å². The Morgan fingerprint density at radius 1 is 1.18 bits per heavy atom. The average Bonchev–Trinajstić information content (AvgIpc) is 3.04. The van der Waals surface area contributed by atoms with Crippen molar-refractivity contribution in [3.05, 3.63) is 43.0 Å². The molecule has 0 bridgehead atoms. The second kappa shape index (κ2) is 6.97. The zero-order chi connectivity index (χ0) is 15.4. The summed E-state index contributed by atoms with van der Waals surface area (Å²) in [6.45, 7) is 8.06. The van der Waals surface area contributed by atoms with E-state index in [0.717, 1.165) is 43.3 Å². The van der Waals surface area contributed by atoms with E-state index in [-0.39, 0.29) is 0 Å². The Balaban J connectivity index is 1.52. The number of ether oxygens (including phenoxy) is 1. The molecule has 3 rings (SSSR count). The Bertz CT molecular complexity index is 555. The molecule has 4 heteroatoms. The number of rotatable bonds is 5. The third-order valence-corrected chi connectivity index (χ3v) is 4.10. The number of aromatic nitrogens is 2. The zero-order valence-electron chi connectivity index (χ0n) is 13.5. The maximum Gasteiger partial charge on any atom is 0.119 e. The van der Waals surface area contributed by atoms with Crippen molar-refractivity contribution in [2.75, 3.05) is 19.6 Å². The van der Waals surface area contributed by atoms with E-state index >= 15 is 0 Å². The Labute approximate surface area is 132 Å². The minimum atomic E-state index is 0.350. The van der Waals surface area contributed by atoms with Crippen molar-refractivity contribution < 1.29 is 4.74 Å². The van der Waals surface area contributed by atoms with Gasteiger partial charge in [-0.2, -0.15) is 0 Å². The van der Waals surface area contributed by atoms with Gasteiger partial charge in [0.2, 0.25) is 0 Å². The molecule has 0 saturated carbocycles. The normalized spacial score (nSPS) is 17.0. The highest BCUT2D eigenvalue weighted by atomic mass is 16.5. The topological polar surface area (TPSA) is 30.3 Å². The number of imidazole rings is 1. The van der Waals surface area contributed by atoms with E-state index < -0.39 is 0 Å². The summed E-state index contributed by atoms with van der Waals surface area (Å²) >= 11 is 0. The van der Waals surface area contributed by atoms with Gasteiger partial charge in [-0.25, -0.2) is 4.98 Å². The number of benzene rings is 1. The minimum absolute atomic E-state index is 0.350. The predicted octanol–water partition coefficient (Wildman–Crippen LogP) is 3.37. The molecule has 1 aliphatic heterocycles. The van der Waals surface area contributed by atoms with E-state index in [1.165, 1.54) is 6.54 Å². The molecule has 0 amide bonds. The first kappa shape index (κ1) is 15.1. The average molecular weight is 299 g/mol. The monoisotopic (exact) mass is 299 g/mol. The van der Waals surface area contributed by atoms with E-state index in [1.54, 1.807) is 12.5 Å². The van der Waals surface area contributed by atoms with Crippen LogP contribution in [-0.4, -0.2) is 40.2 Å². The van der Waals surface area contributed by atoms with Gasteiger partial charge in [0.15, 0.2) is 0 Å². The van der Waals surface area contributed by atoms with Crippen LogP contribution in [0.1, 0.15) is 26.7 Å². The van der Waals surface area contributed by atoms with Crippen LogP contribution in [0.15, 0.2) is 43.0 Å². The number of piperidine rings is 1. The van der Waals surface area contributed by atoms with Crippen molar-refractivity contribution in [1.29, 1.82) is 0 Å². The molecule has 2 heterocycles. The lowest BCUT2D eigenvalue weighted by atomic mass is 10.1. The summed E-state index contributed by atoms with van der Waals surface area (Å²) in [6.07, 6.45) is 8.13. The molecule has 1 aliphatic rings. The molecule has 0 N–H and O–H groups in total. The molecule has 1 aromatic heterocycles. The van der Waals surface area contributed by atoms with E-state index in [0.29, 0.717) is 6.10 Å². The van der Waals surface area contributed by atoms with E-state index in [1.807, 2.05) is 10.8 Å². The smallest absolute Gasteiger partial charge is 0.119 e. The lowest BCUT2D eigenvalue weighted by Crippen LogP contribution is -2.39. The van der Waals surface area contributed by atoms with Crippen molar-refractivity contribution in [3.8, 4) is 11.4 Å². The maximum atomic E-state index is 6.13. The van der Waals surface area contributed by atoms with Crippen LogP contribution in [0.3, 0.4) is 0 Å². The SMILES string of the molecule is CC(C)CN1CCC(Oc2ccc(-n3ccnc3)cc2)CC1. The summed E-state index contributed by atoms with van der Waals surface area (Å²) in [7, 11) is 0. The first-order valence-electron chi connectivity index (χ1n) is 8.18. The van der Waals surface area contributed by atoms with Gasteiger partial charge in [0.25, 0.3) is 0 Å². The Hall–Kier alpha value is -1.81. The molecule has 1 saturated heterocycles. The summed E-state index contributed by atoms with van der Waals surface area (Å²) in [5.74, 6) is 1.71. The van der Waals surface area contributed by atoms with Gasteiger partial charge >= 0.3 is 0 Å². The number of hydrogen-bond donors (Lipinski definition) is 0. The van der Waals surface area contributed by atoms with Crippen molar-refractivity contribution in [2.24, 2.45) is 5.92 Å². The fourth-order valence-corrected chi connectivity index (χ4v) is 3.03. The molecule has 1 fully saturated rings. The molecular weight excluding hydrogens is 274 g/mol. The lowest BCUT2D eigenvalue weighted by Gasteiger charge is -2.33. The molecule has 2 aromatic rings. The maximum absolute atomic E-state index is 6.13. The second-order valence-electron chi connectivity index (χ2n) is 6.48. The van der Waals surface area contributed by atoms with Crippen molar-refractivity contribution in [3.63, 3.8) is 0 Å². The fourth-order valence-electron chi connectivity index (χ4n) is 3.03. The van der Waals surface area contributed by atoms with Crippen LogP contribution >= 0.6 is 0 Å². The largest absolute Gasteiger partial charge is 0.490 e. The van der Waals surface area contributed by atoms with Gasteiger partial charge in [0, 0.05) is 37.7 Å². The van der Waals surface area contributed by atoms with Crippen LogP contribution in [0.4, 0.5) is 0 Å². The summed E-state index contributed by atoms with van der Waals surface area (Å²) < 4.78 is 8.12.